The van der Waals surface area contributed by atoms with Crippen LogP contribution in [0, 0.1) is 0 Å². The summed E-state index contributed by atoms with van der Waals surface area (Å²) in [5.74, 6) is 0.0510. The predicted molar refractivity (Wildman–Crippen MR) is 61.6 cm³/mol. The van der Waals surface area contributed by atoms with Gasteiger partial charge in [-0.3, -0.25) is 4.79 Å². The quantitative estimate of drug-likeness (QED) is 0.827. The molecule has 3 nitrogen and oxygen atoms in total. The van der Waals surface area contributed by atoms with Gasteiger partial charge in [0.1, 0.15) is 6.23 Å². The largest absolute Gasteiger partial charge is 0.374 e. The number of nitrogens with zero attached hydrogens (tertiary/aromatic N) is 1. The standard InChI is InChI=1S/C13H17NO2/c1-10(11-6-3-2-4-7-11)14-12(15)8-5-9-13(14)16/h2-4,6-7,10,12,15H,5,8-9H2,1H3. The highest BCUT2D eigenvalue weighted by molar-refractivity contribution is 5.77. The Morgan fingerprint density at radius 3 is 2.69 bits per heavy atom. The van der Waals surface area contributed by atoms with Crippen molar-refractivity contribution in [1.29, 1.82) is 0 Å². The molecule has 2 unspecified atom stereocenters. The summed E-state index contributed by atoms with van der Waals surface area (Å²) in [6.07, 6.45) is 1.39. The molecule has 1 amide bonds. The number of rotatable bonds is 2. The van der Waals surface area contributed by atoms with E-state index in [2.05, 4.69) is 0 Å². The van der Waals surface area contributed by atoms with Gasteiger partial charge in [-0.15, -0.1) is 0 Å². The molecule has 1 aromatic rings. The van der Waals surface area contributed by atoms with Gasteiger partial charge in [-0.25, -0.2) is 0 Å². The molecule has 16 heavy (non-hydrogen) atoms. The van der Waals surface area contributed by atoms with E-state index in [0.717, 1.165) is 12.0 Å². The zero-order chi connectivity index (χ0) is 11.5. The number of amides is 1. The van der Waals surface area contributed by atoms with E-state index in [4.69, 9.17) is 0 Å². The number of benzene rings is 1. The van der Waals surface area contributed by atoms with E-state index in [-0.39, 0.29) is 11.9 Å². The van der Waals surface area contributed by atoms with Crippen molar-refractivity contribution >= 4 is 5.91 Å². The Balaban J connectivity index is 2.20. The Bertz CT molecular complexity index is 363. The number of hydrogen-bond donors (Lipinski definition) is 1. The first-order chi connectivity index (χ1) is 7.70. The second-order valence-electron chi connectivity index (χ2n) is 4.26. The molecule has 0 bridgehead atoms. The van der Waals surface area contributed by atoms with Crippen molar-refractivity contribution in [3.8, 4) is 0 Å². The van der Waals surface area contributed by atoms with E-state index < -0.39 is 6.23 Å². The molecule has 0 radical (unpaired) electrons. The van der Waals surface area contributed by atoms with Crippen LogP contribution in [0.25, 0.3) is 0 Å². The Labute approximate surface area is 95.7 Å². The molecule has 1 aliphatic heterocycles. The average Bonchev–Trinajstić information content (AvgIpc) is 2.30. The third-order valence-electron chi connectivity index (χ3n) is 3.16. The molecule has 1 aromatic carbocycles. The van der Waals surface area contributed by atoms with Crippen LogP contribution in [-0.4, -0.2) is 22.1 Å². The van der Waals surface area contributed by atoms with Crippen molar-refractivity contribution in [2.75, 3.05) is 0 Å². The number of piperidine rings is 1. The molecule has 0 aromatic heterocycles. The van der Waals surface area contributed by atoms with Crippen molar-refractivity contribution in [2.24, 2.45) is 0 Å². The van der Waals surface area contributed by atoms with Gasteiger partial charge in [-0.1, -0.05) is 30.3 Å². The van der Waals surface area contributed by atoms with Gasteiger partial charge in [0.05, 0.1) is 6.04 Å². The molecule has 1 fully saturated rings. The number of hydrogen-bond acceptors (Lipinski definition) is 2. The van der Waals surface area contributed by atoms with Gasteiger partial charge in [-0.05, 0) is 25.3 Å². The molecule has 0 aliphatic carbocycles. The Hall–Kier alpha value is -1.35. The topological polar surface area (TPSA) is 40.5 Å². The number of carbonyl (C=O) groups excluding carboxylic acids is 1. The van der Waals surface area contributed by atoms with Crippen LogP contribution in [0.5, 0.6) is 0 Å². The van der Waals surface area contributed by atoms with E-state index in [1.807, 2.05) is 37.3 Å². The normalized spacial score (nSPS) is 23.2. The van der Waals surface area contributed by atoms with Crippen LogP contribution >= 0.6 is 0 Å². The lowest BCUT2D eigenvalue weighted by Gasteiger charge is -2.37. The smallest absolute Gasteiger partial charge is 0.225 e. The van der Waals surface area contributed by atoms with E-state index in [1.165, 1.54) is 0 Å². The highest BCUT2D eigenvalue weighted by Crippen LogP contribution is 2.27. The van der Waals surface area contributed by atoms with Crippen LogP contribution in [0.15, 0.2) is 30.3 Å². The number of likely N-dealkylation sites (tertiary alicyclic amines) is 1. The van der Waals surface area contributed by atoms with Crippen LogP contribution in [0.4, 0.5) is 0 Å². The fourth-order valence-electron chi connectivity index (χ4n) is 2.24. The summed E-state index contributed by atoms with van der Waals surface area (Å²) in [6, 6.07) is 9.77. The molecule has 1 saturated heterocycles. The molecule has 2 atom stereocenters. The minimum absolute atomic E-state index is 0.0510. The van der Waals surface area contributed by atoms with Crippen molar-refractivity contribution in [3.63, 3.8) is 0 Å². The second kappa shape index (κ2) is 4.66. The lowest BCUT2D eigenvalue weighted by atomic mass is 10.0. The molecular weight excluding hydrogens is 202 g/mol. The summed E-state index contributed by atoms with van der Waals surface area (Å²) in [4.78, 5) is 13.4. The maximum atomic E-state index is 11.8. The molecule has 2 rings (SSSR count). The monoisotopic (exact) mass is 219 g/mol. The van der Waals surface area contributed by atoms with Crippen molar-refractivity contribution in [2.45, 2.75) is 38.5 Å². The first-order valence-corrected chi connectivity index (χ1v) is 5.74. The Morgan fingerprint density at radius 2 is 2.06 bits per heavy atom. The minimum atomic E-state index is -0.628. The maximum absolute atomic E-state index is 11.8. The summed E-state index contributed by atoms with van der Waals surface area (Å²) >= 11 is 0. The third kappa shape index (κ3) is 2.09. The van der Waals surface area contributed by atoms with Gasteiger partial charge in [0.2, 0.25) is 5.91 Å². The summed E-state index contributed by atoms with van der Waals surface area (Å²) in [5.41, 5.74) is 1.07. The molecule has 1 aliphatic rings. The molecular formula is C13H17NO2. The maximum Gasteiger partial charge on any atom is 0.225 e. The summed E-state index contributed by atoms with van der Waals surface area (Å²) < 4.78 is 0. The Kier molecular flexibility index (Phi) is 3.25. The van der Waals surface area contributed by atoms with Gasteiger partial charge in [-0.2, -0.15) is 0 Å². The van der Waals surface area contributed by atoms with Crippen LogP contribution in [0.2, 0.25) is 0 Å². The molecule has 86 valence electrons. The highest BCUT2D eigenvalue weighted by Gasteiger charge is 2.30. The van der Waals surface area contributed by atoms with Gasteiger partial charge in [0.15, 0.2) is 0 Å². The fourth-order valence-corrected chi connectivity index (χ4v) is 2.24. The van der Waals surface area contributed by atoms with E-state index in [0.29, 0.717) is 12.8 Å². The van der Waals surface area contributed by atoms with E-state index in [9.17, 15) is 9.90 Å². The molecule has 1 N–H and O–H groups in total. The Morgan fingerprint density at radius 1 is 1.38 bits per heavy atom. The average molecular weight is 219 g/mol. The molecule has 1 heterocycles. The number of carbonyl (C=O) groups is 1. The van der Waals surface area contributed by atoms with Crippen LogP contribution in [-0.2, 0) is 4.79 Å². The molecule has 0 spiro atoms. The first kappa shape index (κ1) is 11.1. The minimum Gasteiger partial charge on any atom is -0.374 e. The lowest BCUT2D eigenvalue weighted by molar-refractivity contribution is -0.151. The number of aliphatic hydroxyl groups is 1. The predicted octanol–water partition coefficient (Wildman–Crippen LogP) is 2.08. The first-order valence-electron chi connectivity index (χ1n) is 5.74. The van der Waals surface area contributed by atoms with Crippen LogP contribution in [0.3, 0.4) is 0 Å². The molecule has 0 saturated carbocycles. The lowest BCUT2D eigenvalue weighted by Crippen LogP contribution is -2.44. The summed E-state index contributed by atoms with van der Waals surface area (Å²) in [7, 11) is 0. The van der Waals surface area contributed by atoms with Crippen molar-refractivity contribution in [1.82, 2.24) is 4.90 Å². The van der Waals surface area contributed by atoms with Gasteiger partial charge < -0.3 is 10.0 Å². The van der Waals surface area contributed by atoms with Crippen molar-refractivity contribution < 1.29 is 9.90 Å². The van der Waals surface area contributed by atoms with Gasteiger partial charge >= 0.3 is 0 Å². The van der Waals surface area contributed by atoms with Crippen LogP contribution in [0.1, 0.15) is 37.8 Å². The van der Waals surface area contributed by atoms with E-state index >= 15 is 0 Å². The SMILES string of the molecule is CC(c1ccccc1)N1C(=O)CCCC1O. The summed E-state index contributed by atoms with van der Waals surface area (Å²) in [5, 5.41) is 9.88. The zero-order valence-electron chi connectivity index (χ0n) is 9.47. The fraction of sp³-hybridized carbons (Fsp3) is 0.462. The van der Waals surface area contributed by atoms with Crippen molar-refractivity contribution in [3.05, 3.63) is 35.9 Å². The highest BCUT2D eigenvalue weighted by atomic mass is 16.3. The number of aliphatic hydroxyl groups excluding tert-OH is 1. The molecule has 3 heteroatoms. The van der Waals surface area contributed by atoms with Gasteiger partial charge in [0, 0.05) is 6.42 Å². The van der Waals surface area contributed by atoms with E-state index in [1.54, 1.807) is 4.90 Å². The zero-order valence-corrected chi connectivity index (χ0v) is 9.47. The second-order valence-corrected chi connectivity index (χ2v) is 4.26. The van der Waals surface area contributed by atoms with Crippen LogP contribution < -0.4 is 0 Å². The third-order valence-corrected chi connectivity index (χ3v) is 3.16. The van der Waals surface area contributed by atoms with Gasteiger partial charge in [0.25, 0.3) is 0 Å². The summed E-state index contributed by atoms with van der Waals surface area (Å²) in [6.45, 7) is 1.96.